The van der Waals surface area contributed by atoms with E-state index in [0.29, 0.717) is 11.2 Å². The van der Waals surface area contributed by atoms with Crippen LogP contribution in [0.25, 0.3) is 0 Å². The number of rotatable bonds is 1. The Balaban J connectivity index is 2.41. The first-order valence-corrected chi connectivity index (χ1v) is 5.39. The van der Waals surface area contributed by atoms with Gasteiger partial charge in [0, 0.05) is 17.0 Å². The van der Waals surface area contributed by atoms with Gasteiger partial charge in [-0.25, -0.2) is 9.97 Å². The molecule has 76 valence electrons. The zero-order chi connectivity index (χ0) is 10.3. The van der Waals surface area contributed by atoms with Crippen LogP contribution in [0.2, 0.25) is 5.28 Å². The molecule has 1 aromatic rings. The van der Waals surface area contributed by atoms with Crippen molar-refractivity contribution in [2.24, 2.45) is 0 Å². The first kappa shape index (κ1) is 9.91. The highest BCUT2D eigenvalue weighted by Gasteiger charge is 2.27. The third-order valence-electron chi connectivity index (χ3n) is 2.48. The second-order valence-corrected chi connectivity index (χ2v) is 5.31. The highest BCUT2D eigenvalue weighted by molar-refractivity contribution is 6.28. The molecular formula is C11H15ClN2. The van der Waals surface area contributed by atoms with Crippen LogP contribution in [-0.2, 0) is 5.41 Å². The van der Waals surface area contributed by atoms with Gasteiger partial charge in [-0.2, -0.15) is 0 Å². The highest BCUT2D eigenvalue weighted by atomic mass is 35.5. The molecule has 0 bridgehead atoms. The lowest BCUT2D eigenvalue weighted by Crippen LogP contribution is -2.14. The predicted molar refractivity (Wildman–Crippen MR) is 57.7 cm³/mol. The molecule has 1 saturated carbocycles. The van der Waals surface area contributed by atoms with Crippen molar-refractivity contribution in [2.45, 2.75) is 44.9 Å². The Morgan fingerprint density at radius 3 is 2.43 bits per heavy atom. The first-order valence-electron chi connectivity index (χ1n) is 5.02. The second kappa shape index (κ2) is 3.20. The van der Waals surface area contributed by atoms with Gasteiger partial charge in [0.25, 0.3) is 0 Å². The maximum Gasteiger partial charge on any atom is 0.222 e. The van der Waals surface area contributed by atoms with E-state index in [0.717, 1.165) is 11.4 Å². The molecule has 0 atom stereocenters. The largest absolute Gasteiger partial charge is 0.223 e. The van der Waals surface area contributed by atoms with Crippen molar-refractivity contribution < 1.29 is 0 Å². The Hall–Kier alpha value is -0.630. The SMILES string of the molecule is CC(C)(C)c1cc(C2CC2)nc(Cl)n1. The van der Waals surface area contributed by atoms with E-state index in [2.05, 4.69) is 36.8 Å². The smallest absolute Gasteiger partial charge is 0.222 e. The van der Waals surface area contributed by atoms with Gasteiger partial charge in [-0.1, -0.05) is 20.8 Å². The summed E-state index contributed by atoms with van der Waals surface area (Å²) in [6, 6.07) is 2.10. The summed E-state index contributed by atoms with van der Waals surface area (Å²) in [6.45, 7) is 6.42. The van der Waals surface area contributed by atoms with Crippen LogP contribution < -0.4 is 0 Å². The normalized spacial score (nSPS) is 17.1. The molecule has 1 heterocycles. The number of hydrogen-bond donors (Lipinski definition) is 0. The Morgan fingerprint density at radius 2 is 1.93 bits per heavy atom. The molecule has 0 saturated heterocycles. The number of aromatic nitrogens is 2. The summed E-state index contributed by atoms with van der Waals surface area (Å²) in [5.74, 6) is 0.636. The molecule has 1 fully saturated rings. The lowest BCUT2D eigenvalue weighted by Gasteiger charge is -2.18. The van der Waals surface area contributed by atoms with Crippen molar-refractivity contribution in [1.82, 2.24) is 9.97 Å². The molecule has 0 amide bonds. The predicted octanol–water partition coefficient (Wildman–Crippen LogP) is 3.30. The monoisotopic (exact) mass is 210 g/mol. The van der Waals surface area contributed by atoms with Crippen molar-refractivity contribution in [3.63, 3.8) is 0 Å². The van der Waals surface area contributed by atoms with E-state index in [-0.39, 0.29) is 5.41 Å². The van der Waals surface area contributed by atoms with Crippen LogP contribution in [0.1, 0.15) is 50.9 Å². The molecule has 2 nitrogen and oxygen atoms in total. The summed E-state index contributed by atoms with van der Waals surface area (Å²) in [5.41, 5.74) is 2.21. The maximum atomic E-state index is 5.91. The lowest BCUT2D eigenvalue weighted by atomic mass is 9.91. The van der Waals surface area contributed by atoms with Gasteiger partial charge in [0.1, 0.15) is 0 Å². The summed E-state index contributed by atoms with van der Waals surface area (Å²) in [4.78, 5) is 8.53. The van der Waals surface area contributed by atoms with E-state index in [9.17, 15) is 0 Å². The second-order valence-electron chi connectivity index (χ2n) is 4.97. The van der Waals surface area contributed by atoms with E-state index in [1.807, 2.05) is 0 Å². The molecule has 2 rings (SSSR count). The van der Waals surface area contributed by atoms with Crippen LogP contribution in [0.15, 0.2) is 6.07 Å². The number of nitrogens with zero attached hydrogens (tertiary/aromatic N) is 2. The summed E-state index contributed by atoms with van der Waals surface area (Å²) in [5, 5.41) is 0.388. The Morgan fingerprint density at radius 1 is 1.29 bits per heavy atom. The van der Waals surface area contributed by atoms with Crippen LogP contribution in [0, 0.1) is 0 Å². The molecule has 0 radical (unpaired) electrons. The fourth-order valence-electron chi connectivity index (χ4n) is 1.41. The van der Waals surface area contributed by atoms with E-state index >= 15 is 0 Å². The van der Waals surface area contributed by atoms with Crippen molar-refractivity contribution >= 4 is 11.6 Å². The van der Waals surface area contributed by atoms with Gasteiger partial charge < -0.3 is 0 Å². The molecule has 1 aliphatic rings. The van der Waals surface area contributed by atoms with Crippen LogP contribution in [0.5, 0.6) is 0 Å². The van der Waals surface area contributed by atoms with Gasteiger partial charge >= 0.3 is 0 Å². The highest BCUT2D eigenvalue weighted by Crippen LogP contribution is 2.40. The van der Waals surface area contributed by atoms with Crippen molar-refractivity contribution in [2.75, 3.05) is 0 Å². The van der Waals surface area contributed by atoms with Crippen LogP contribution in [0.3, 0.4) is 0 Å². The van der Waals surface area contributed by atoms with Gasteiger partial charge in [0.05, 0.1) is 5.69 Å². The minimum atomic E-state index is 0.0518. The molecule has 0 unspecified atom stereocenters. The van der Waals surface area contributed by atoms with Gasteiger partial charge in [-0.15, -0.1) is 0 Å². The molecule has 14 heavy (non-hydrogen) atoms. The molecule has 0 aromatic carbocycles. The number of hydrogen-bond acceptors (Lipinski definition) is 2. The third kappa shape index (κ3) is 2.06. The van der Waals surface area contributed by atoms with Gasteiger partial charge in [0.15, 0.2) is 0 Å². The average Bonchev–Trinajstić information content (AvgIpc) is 2.83. The molecule has 0 spiro atoms. The van der Waals surface area contributed by atoms with Crippen LogP contribution >= 0.6 is 11.6 Å². The van der Waals surface area contributed by atoms with Crippen molar-refractivity contribution in [3.8, 4) is 0 Å². The number of halogens is 1. The molecule has 0 aliphatic heterocycles. The Bertz CT molecular complexity index is 351. The summed E-state index contributed by atoms with van der Waals surface area (Å²) >= 11 is 5.91. The fourth-order valence-corrected chi connectivity index (χ4v) is 1.60. The van der Waals surface area contributed by atoms with E-state index in [1.54, 1.807) is 0 Å². The third-order valence-corrected chi connectivity index (χ3v) is 2.65. The minimum Gasteiger partial charge on any atom is -0.223 e. The molecule has 0 N–H and O–H groups in total. The van der Waals surface area contributed by atoms with Gasteiger partial charge in [0.2, 0.25) is 5.28 Å². The van der Waals surface area contributed by atoms with Gasteiger partial charge in [-0.3, -0.25) is 0 Å². The molecule has 1 aliphatic carbocycles. The molecule has 3 heteroatoms. The Kier molecular flexibility index (Phi) is 2.26. The first-order chi connectivity index (χ1) is 6.47. The van der Waals surface area contributed by atoms with E-state index < -0.39 is 0 Å². The topological polar surface area (TPSA) is 25.8 Å². The maximum absolute atomic E-state index is 5.91. The van der Waals surface area contributed by atoms with Gasteiger partial charge in [-0.05, 0) is 30.5 Å². The van der Waals surface area contributed by atoms with Crippen LogP contribution in [-0.4, -0.2) is 9.97 Å². The quantitative estimate of drug-likeness (QED) is 0.665. The van der Waals surface area contributed by atoms with Crippen molar-refractivity contribution in [1.29, 1.82) is 0 Å². The van der Waals surface area contributed by atoms with Crippen LogP contribution in [0.4, 0.5) is 0 Å². The van der Waals surface area contributed by atoms with E-state index in [1.165, 1.54) is 12.8 Å². The summed E-state index contributed by atoms with van der Waals surface area (Å²) in [7, 11) is 0. The molecular weight excluding hydrogens is 196 g/mol. The zero-order valence-corrected chi connectivity index (χ0v) is 9.60. The lowest BCUT2D eigenvalue weighted by molar-refractivity contribution is 0.565. The minimum absolute atomic E-state index is 0.0518. The van der Waals surface area contributed by atoms with Crippen molar-refractivity contribution in [3.05, 3.63) is 22.7 Å². The fraction of sp³-hybridized carbons (Fsp3) is 0.636. The summed E-state index contributed by atoms with van der Waals surface area (Å²) < 4.78 is 0. The average molecular weight is 211 g/mol. The zero-order valence-electron chi connectivity index (χ0n) is 8.84. The Labute approximate surface area is 89.7 Å². The molecule has 1 aromatic heterocycles. The standard InChI is InChI=1S/C11H15ClN2/c1-11(2,3)9-6-8(7-4-5-7)13-10(12)14-9/h6-7H,4-5H2,1-3H3. The van der Waals surface area contributed by atoms with E-state index in [4.69, 9.17) is 11.6 Å². The summed E-state index contributed by atoms with van der Waals surface area (Å²) in [6.07, 6.45) is 2.49.